The standard InChI is InChI=1S/C10H10N2/c1-7-3-5-11-10-9(7)8(2)4-6-12-10/h3-6H,1-2H3. The van der Waals surface area contributed by atoms with Crippen LogP contribution in [0.3, 0.4) is 0 Å². The van der Waals surface area contributed by atoms with Crippen molar-refractivity contribution >= 4 is 11.0 Å². The Morgan fingerprint density at radius 1 is 0.917 bits per heavy atom. The molecule has 0 radical (unpaired) electrons. The minimum Gasteiger partial charge on any atom is -0.237 e. The van der Waals surface area contributed by atoms with Crippen LogP contribution in [-0.4, -0.2) is 9.97 Å². The van der Waals surface area contributed by atoms with E-state index < -0.39 is 0 Å². The van der Waals surface area contributed by atoms with Crippen molar-refractivity contribution in [2.45, 2.75) is 13.8 Å². The Morgan fingerprint density at radius 3 is 1.83 bits per heavy atom. The monoisotopic (exact) mass is 158 g/mol. The molecule has 0 N–H and O–H groups in total. The van der Waals surface area contributed by atoms with Crippen LogP contribution in [0.1, 0.15) is 11.1 Å². The number of fused-ring (bicyclic) bond motifs is 1. The highest BCUT2D eigenvalue weighted by Gasteiger charge is 2.00. The number of aromatic nitrogens is 2. The molecule has 12 heavy (non-hydrogen) atoms. The summed E-state index contributed by atoms with van der Waals surface area (Å²) in [5, 5.41) is 1.18. The normalized spacial score (nSPS) is 10.5. The number of hydrogen-bond acceptors (Lipinski definition) is 2. The van der Waals surface area contributed by atoms with Crippen molar-refractivity contribution in [2.75, 3.05) is 0 Å². The molecule has 0 saturated heterocycles. The fourth-order valence-corrected chi connectivity index (χ4v) is 1.43. The summed E-state index contributed by atoms with van der Waals surface area (Å²) in [6, 6.07) is 4.02. The van der Waals surface area contributed by atoms with Crippen molar-refractivity contribution in [1.29, 1.82) is 0 Å². The van der Waals surface area contributed by atoms with Gasteiger partial charge in [0.05, 0.1) is 0 Å². The summed E-state index contributed by atoms with van der Waals surface area (Å²) in [5.41, 5.74) is 3.33. The van der Waals surface area contributed by atoms with E-state index in [9.17, 15) is 0 Å². The lowest BCUT2D eigenvalue weighted by atomic mass is 10.1. The molecule has 0 bridgehead atoms. The molecule has 0 atom stereocenters. The molecule has 0 spiro atoms. The van der Waals surface area contributed by atoms with Crippen molar-refractivity contribution in [3.05, 3.63) is 35.7 Å². The van der Waals surface area contributed by atoms with Gasteiger partial charge in [-0.1, -0.05) is 0 Å². The van der Waals surface area contributed by atoms with Crippen LogP contribution in [0, 0.1) is 13.8 Å². The smallest absolute Gasteiger partial charge is 0.159 e. The first kappa shape index (κ1) is 7.22. The second-order valence-corrected chi connectivity index (χ2v) is 2.95. The maximum absolute atomic E-state index is 4.19. The third-order valence-corrected chi connectivity index (χ3v) is 2.05. The molecule has 2 aromatic heterocycles. The SMILES string of the molecule is Cc1ccnc2nccc(C)c12. The van der Waals surface area contributed by atoms with Crippen LogP contribution in [0.5, 0.6) is 0 Å². The second-order valence-electron chi connectivity index (χ2n) is 2.95. The molecular weight excluding hydrogens is 148 g/mol. The largest absolute Gasteiger partial charge is 0.237 e. The Labute approximate surface area is 71.3 Å². The van der Waals surface area contributed by atoms with Crippen molar-refractivity contribution in [3.63, 3.8) is 0 Å². The van der Waals surface area contributed by atoms with E-state index in [1.165, 1.54) is 16.5 Å². The van der Waals surface area contributed by atoms with Gasteiger partial charge in [0.1, 0.15) is 0 Å². The van der Waals surface area contributed by atoms with Crippen LogP contribution in [0.15, 0.2) is 24.5 Å². The van der Waals surface area contributed by atoms with E-state index in [0.29, 0.717) is 0 Å². The molecule has 0 saturated carbocycles. The summed E-state index contributed by atoms with van der Waals surface area (Å²) in [6.07, 6.45) is 3.59. The molecule has 2 aromatic rings. The minimum absolute atomic E-state index is 0.843. The lowest BCUT2D eigenvalue weighted by molar-refractivity contribution is 1.25. The van der Waals surface area contributed by atoms with Crippen LogP contribution >= 0.6 is 0 Å². The Morgan fingerprint density at radius 2 is 1.42 bits per heavy atom. The molecule has 2 heterocycles. The Kier molecular flexibility index (Phi) is 1.54. The molecule has 2 nitrogen and oxygen atoms in total. The van der Waals surface area contributed by atoms with Crippen LogP contribution < -0.4 is 0 Å². The second kappa shape index (κ2) is 2.55. The predicted molar refractivity (Wildman–Crippen MR) is 49.0 cm³/mol. The lowest BCUT2D eigenvalue weighted by Gasteiger charge is -2.02. The highest BCUT2D eigenvalue weighted by molar-refractivity contribution is 5.81. The third kappa shape index (κ3) is 0.961. The van der Waals surface area contributed by atoms with Gasteiger partial charge < -0.3 is 0 Å². The van der Waals surface area contributed by atoms with Crippen LogP contribution in [0.25, 0.3) is 11.0 Å². The molecule has 2 rings (SSSR count). The van der Waals surface area contributed by atoms with E-state index in [-0.39, 0.29) is 0 Å². The summed E-state index contributed by atoms with van der Waals surface area (Å²) in [6.45, 7) is 4.16. The van der Waals surface area contributed by atoms with Gasteiger partial charge in [-0.15, -0.1) is 0 Å². The summed E-state index contributed by atoms with van der Waals surface area (Å²) >= 11 is 0. The van der Waals surface area contributed by atoms with Gasteiger partial charge in [0.25, 0.3) is 0 Å². The van der Waals surface area contributed by atoms with E-state index in [1.807, 2.05) is 12.1 Å². The number of hydrogen-bond donors (Lipinski definition) is 0. The van der Waals surface area contributed by atoms with E-state index in [2.05, 4.69) is 23.8 Å². The molecule has 0 aliphatic rings. The molecule has 0 fully saturated rings. The van der Waals surface area contributed by atoms with Gasteiger partial charge in [0.15, 0.2) is 5.65 Å². The maximum atomic E-state index is 4.19. The molecular formula is C10H10N2. The molecule has 0 aromatic carbocycles. The first-order chi connectivity index (χ1) is 5.79. The Hall–Kier alpha value is -1.44. The number of rotatable bonds is 0. The molecule has 2 heteroatoms. The highest BCUT2D eigenvalue weighted by Crippen LogP contribution is 2.17. The van der Waals surface area contributed by atoms with Gasteiger partial charge in [-0.25, -0.2) is 9.97 Å². The molecule has 0 aliphatic heterocycles. The van der Waals surface area contributed by atoms with E-state index in [0.717, 1.165) is 5.65 Å². The lowest BCUT2D eigenvalue weighted by Crippen LogP contribution is -1.88. The molecule has 0 aliphatic carbocycles. The maximum Gasteiger partial charge on any atom is 0.159 e. The van der Waals surface area contributed by atoms with Gasteiger partial charge in [-0.2, -0.15) is 0 Å². The molecule has 60 valence electrons. The van der Waals surface area contributed by atoms with Crippen LogP contribution in [0.2, 0.25) is 0 Å². The average molecular weight is 158 g/mol. The van der Waals surface area contributed by atoms with Gasteiger partial charge in [-0.05, 0) is 37.1 Å². The van der Waals surface area contributed by atoms with E-state index >= 15 is 0 Å². The fourth-order valence-electron chi connectivity index (χ4n) is 1.43. The fraction of sp³-hybridized carbons (Fsp3) is 0.200. The predicted octanol–water partition coefficient (Wildman–Crippen LogP) is 2.25. The van der Waals surface area contributed by atoms with Gasteiger partial charge in [0.2, 0.25) is 0 Å². The zero-order valence-corrected chi connectivity index (χ0v) is 7.20. The topological polar surface area (TPSA) is 25.8 Å². The van der Waals surface area contributed by atoms with Gasteiger partial charge >= 0.3 is 0 Å². The quantitative estimate of drug-likeness (QED) is 0.587. The van der Waals surface area contributed by atoms with E-state index in [4.69, 9.17) is 0 Å². The third-order valence-electron chi connectivity index (χ3n) is 2.05. The Bertz CT molecular complexity index is 384. The minimum atomic E-state index is 0.843. The van der Waals surface area contributed by atoms with Crippen molar-refractivity contribution in [3.8, 4) is 0 Å². The number of nitrogens with zero attached hydrogens (tertiary/aromatic N) is 2. The van der Waals surface area contributed by atoms with Gasteiger partial charge in [0, 0.05) is 17.8 Å². The van der Waals surface area contributed by atoms with Crippen molar-refractivity contribution in [2.24, 2.45) is 0 Å². The molecule has 0 amide bonds. The number of pyridine rings is 2. The highest BCUT2D eigenvalue weighted by atomic mass is 14.8. The zero-order chi connectivity index (χ0) is 8.55. The zero-order valence-electron chi connectivity index (χ0n) is 7.20. The van der Waals surface area contributed by atoms with Crippen molar-refractivity contribution < 1.29 is 0 Å². The van der Waals surface area contributed by atoms with E-state index in [1.54, 1.807) is 12.4 Å². The first-order valence-electron chi connectivity index (χ1n) is 3.96. The molecule has 0 unspecified atom stereocenters. The van der Waals surface area contributed by atoms with Crippen LogP contribution in [0.4, 0.5) is 0 Å². The van der Waals surface area contributed by atoms with Gasteiger partial charge in [-0.3, -0.25) is 0 Å². The first-order valence-corrected chi connectivity index (χ1v) is 3.96. The Balaban J connectivity index is 2.96. The summed E-state index contributed by atoms with van der Waals surface area (Å²) in [7, 11) is 0. The summed E-state index contributed by atoms with van der Waals surface area (Å²) < 4.78 is 0. The summed E-state index contributed by atoms with van der Waals surface area (Å²) in [5.74, 6) is 0. The van der Waals surface area contributed by atoms with Crippen LogP contribution in [-0.2, 0) is 0 Å². The number of aryl methyl sites for hydroxylation is 2. The average Bonchev–Trinajstić information content (AvgIpc) is 2.04. The van der Waals surface area contributed by atoms with Crippen molar-refractivity contribution in [1.82, 2.24) is 9.97 Å². The summed E-state index contributed by atoms with van der Waals surface area (Å²) in [4.78, 5) is 8.38.